The molecule has 0 heterocycles. The van der Waals surface area contributed by atoms with Crippen molar-refractivity contribution in [2.75, 3.05) is 6.61 Å². The molecule has 0 bridgehead atoms. The zero-order valence-corrected chi connectivity index (χ0v) is 12.7. The van der Waals surface area contributed by atoms with Gasteiger partial charge in [-0.2, -0.15) is 0 Å². The first kappa shape index (κ1) is 16.9. The minimum atomic E-state index is -0.703. The van der Waals surface area contributed by atoms with Crippen LogP contribution < -0.4 is 15.8 Å². The Labute approximate surface area is 123 Å². The molecule has 21 heavy (non-hydrogen) atoms. The summed E-state index contributed by atoms with van der Waals surface area (Å²) < 4.78 is 5.50. The molecule has 1 rings (SSSR count). The lowest BCUT2D eigenvalue weighted by Crippen LogP contribution is -2.48. The van der Waals surface area contributed by atoms with E-state index in [2.05, 4.69) is 5.32 Å². The van der Waals surface area contributed by atoms with E-state index in [-0.39, 0.29) is 24.1 Å². The molecule has 116 valence electrons. The predicted octanol–water partition coefficient (Wildman–Crippen LogP) is 1.44. The van der Waals surface area contributed by atoms with Gasteiger partial charge in [-0.15, -0.1) is 0 Å². The van der Waals surface area contributed by atoms with Crippen molar-refractivity contribution in [2.45, 2.75) is 39.8 Å². The smallest absolute Gasteiger partial charge is 0.311 e. The van der Waals surface area contributed by atoms with Crippen molar-refractivity contribution in [1.82, 2.24) is 5.32 Å². The second kappa shape index (κ2) is 7.03. The fourth-order valence-electron chi connectivity index (χ4n) is 2.04. The summed E-state index contributed by atoms with van der Waals surface area (Å²) >= 11 is 0. The van der Waals surface area contributed by atoms with Gasteiger partial charge in [-0.1, -0.05) is 19.9 Å². The van der Waals surface area contributed by atoms with Gasteiger partial charge in [0.25, 0.3) is 0 Å². The van der Waals surface area contributed by atoms with E-state index in [1.807, 2.05) is 13.8 Å². The first-order valence-corrected chi connectivity index (χ1v) is 6.66. The minimum absolute atomic E-state index is 0.0419. The summed E-state index contributed by atoms with van der Waals surface area (Å²) in [5.41, 5.74) is 6.61. The Hall–Kier alpha value is -2.15. The molecule has 7 heteroatoms. The highest BCUT2D eigenvalue weighted by molar-refractivity contribution is 5.80. The lowest BCUT2D eigenvalue weighted by Gasteiger charge is -2.19. The zero-order valence-electron chi connectivity index (χ0n) is 12.7. The van der Waals surface area contributed by atoms with E-state index in [4.69, 9.17) is 10.5 Å². The Morgan fingerprint density at radius 3 is 2.52 bits per heavy atom. The molecule has 1 aromatic carbocycles. The highest BCUT2D eigenvalue weighted by atomic mass is 16.6. The molecule has 1 amide bonds. The van der Waals surface area contributed by atoms with Gasteiger partial charge in [0.05, 0.1) is 4.92 Å². The van der Waals surface area contributed by atoms with Gasteiger partial charge in [-0.3, -0.25) is 14.9 Å². The molecule has 3 N–H and O–H groups in total. The summed E-state index contributed by atoms with van der Waals surface area (Å²) in [5, 5.41) is 14.1. The summed E-state index contributed by atoms with van der Waals surface area (Å²) in [6, 6.07) is 2.57. The van der Waals surface area contributed by atoms with E-state index in [0.29, 0.717) is 5.56 Å². The Morgan fingerprint density at radius 1 is 1.43 bits per heavy atom. The fourth-order valence-corrected chi connectivity index (χ4v) is 2.04. The lowest BCUT2D eigenvalue weighted by atomic mass is 10.1. The molecule has 7 nitrogen and oxygen atoms in total. The first-order valence-electron chi connectivity index (χ1n) is 6.66. The number of nitro benzene ring substituents is 1. The molecule has 0 radical (unpaired) electrons. The number of amides is 1. The zero-order chi connectivity index (χ0) is 16.2. The Bertz CT molecular complexity index is 543. The molecule has 0 saturated heterocycles. The predicted molar refractivity (Wildman–Crippen MR) is 79.3 cm³/mol. The van der Waals surface area contributed by atoms with Crippen LogP contribution in [0.1, 0.15) is 25.0 Å². The number of carbonyl (C=O) groups excluding carboxylic acids is 1. The summed E-state index contributed by atoms with van der Waals surface area (Å²) in [4.78, 5) is 22.0. The normalized spacial score (nSPS) is 12.2. The van der Waals surface area contributed by atoms with Gasteiger partial charge in [0.1, 0.15) is 12.6 Å². The number of carbonyl (C=O) groups is 1. The van der Waals surface area contributed by atoms with Crippen molar-refractivity contribution in [3.8, 4) is 5.75 Å². The van der Waals surface area contributed by atoms with E-state index in [1.54, 1.807) is 19.9 Å². The summed E-state index contributed by atoms with van der Waals surface area (Å²) in [5.74, 6) is -0.390. The number of primary amides is 1. The van der Waals surface area contributed by atoms with Gasteiger partial charge in [0, 0.05) is 12.1 Å². The average Bonchev–Trinajstić information content (AvgIpc) is 2.34. The number of benzene rings is 1. The molecule has 1 aromatic rings. The molecule has 0 aliphatic heterocycles. The third kappa shape index (κ3) is 4.71. The number of ether oxygens (including phenoxy) is 1. The molecule has 0 spiro atoms. The van der Waals surface area contributed by atoms with E-state index >= 15 is 0 Å². The molecule has 0 saturated carbocycles. The maximum absolute atomic E-state index is 11.4. The van der Waals surface area contributed by atoms with Gasteiger partial charge in [-0.05, 0) is 25.0 Å². The van der Waals surface area contributed by atoms with Crippen molar-refractivity contribution >= 4 is 11.6 Å². The van der Waals surface area contributed by atoms with E-state index in [1.165, 1.54) is 6.07 Å². The quantitative estimate of drug-likeness (QED) is 0.584. The molecule has 1 atom stereocenters. The number of hydrogen-bond donors (Lipinski definition) is 2. The van der Waals surface area contributed by atoms with Crippen LogP contribution in [0, 0.1) is 24.0 Å². The summed E-state index contributed by atoms with van der Waals surface area (Å²) in [6.45, 7) is 7.18. The number of rotatable bonds is 7. The van der Waals surface area contributed by atoms with Gasteiger partial charge < -0.3 is 15.8 Å². The highest BCUT2D eigenvalue weighted by Crippen LogP contribution is 2.32. The maximum Gasteiger partial charge on any atom is 0.311 e. The maximum atomic E-state index is 11.4. The van der Waals surface area contributed by atoms with Crippen molar-refractivity contribution in [3.63, 3.8) is 0 Å². The second-order valence-electron chi connectivity index (χ2n) is 5.27. The van der Waals surface area contributed by atoms with E-state index < -0.39 is 16.9 Å². The number of hydrogen-bond acceptors (Lipinski definition) is 5. The van der Waals surface area contributed by atoms with Crippen LogP contribution in [0.3, 0.4) is 0 Å². The molecule has 0 aliphatic carbocycles. The molecular weight excluding hydrogens is 274 g/mol. The van der Waals surface area contributed by atoms with Crippen LogP contribution in [0.4, 0.5) is 5.69 Å². The van der Waals surface area contributed by atoms with E-state index in [0.717, 1.165) is 5.56 Å². The van der Waals surface area contributed by atoms with Crippen LogP contribution in [0.5, 0.6) is 5.75 Å². The standard InChI is InChI=1S/C14H21N3O4/c1-8(2)16-11(14(15)18)7-21-13-10(4)5-9(3)6-12(13)17(19)20/h5-6,8,11,16H,7H2,1-4H3,(H2,15,18). The molecule has 0 aliphatic rings. The monoisotopic (exact) mass is 295 g/mol. The number of aryl methyl sites for hydroxylation is 2. The lowest BCUT2D eigenvalue weighted by molar-refractivity contribution is -0.386. The highest BCUT2D eigenvalue weighted by Gasteiger charge is 2.22. The van der Waals surface area contributed by atoms with Gasteiger partial charge in [0.15, 0.2) is 5.75 Å². The van der Waals surface area contributed by atoms with Crippen LogP contribution in [-0.4, -0.2) is 29.5 Å². The van der Waals surface area contributed by atoms with Crippen molar-refractivity contribution in [3.05, 3.63) is 33.4 Å². The number of nitro groups is 1. The van der Waals surface area contributed by atoms with E-state index in [9.17, 15) is 14.9 Å². The number of nitrogens with two attached hydrogens (primary N) is 1. The Kier molecular flexibility index (Phi) is 5.66. The Morgan fingerprint density at radius 2 is 2.05 bits per heavy atom. The SMILES string of the molecule is Cc1cc(C)c(OCC(NC(C)C)C(N)=O)c([N+](=O)[O-])c1. The largest absolute Gasteiger partial charge is 0.484 e. The molecular formula is C14H21N3O4. The van der Waals surface area contributed by atoms with Gasteiger partial charge in [0.2, 0.25) is 5.91 Å². The van der Waals surface area contributed by atoms with Crippen molar-refractivity contribution in [2.24, 2.45) is 5.73 Å². The third-order valence-corrected chi connectivity index (χ3v) is 2.87. The molecule has 0 aromatic heterocycles. The topological polar surface area (TPSA) is 107 Å². The van der Waals surface area contributed by atoms with Crippen LogP contribution in [0.15, 0.2) is 12.1 Å². The molecule has 0 fully saturated rings. The fraction of sp³-hybridized carbons (Fsp3) is 0.500. The third-order valence-electron chi connectivity index (χ3n) is 2.87. The number of nitrogens with one attached hydrogen (secondary N) is 1. The average molecular weight is 295 g/mol. The minimum Gasteiger partial charge on any atom is -0.484 e. The van der Waals surface area contributed by atoms with Crippen LogP contribution in [-0.2, 0) is 4.79 Å². The van der Waals surface area contributed by atoms with Crippen molar-refractivity contribution in [1.29, 1.82) is 0 Å². The van der Waals surface area contributed by atoms with Crippen LogP contribution in [0.25, 0.3) is 0 Å². The first-order chi connectivity index (χ1) is 9.72. The Balaban J connectivity index is 2.96. The van der Waals surface area contributed by atoms with Gasteiger partial charge >= 0.3 is 5.69 Å². The van der Waals surface area contributed by atoms with Crippen LogP contribution >= 0.6 is 0 Å². The second-order valence-corrected chi connectivity index (χ2v) is 5.27. The summed E-state index contributed by atoms with van der Waals surface area (Å²) in [7, 11) is 0. The van der Waals surface area contributed by atoms with Crippen molar-refractivity contribution < 1.29 is 14.5 Å². The number of nitrogens with zero attached hydrogens (tertiary/aromatic N) is 1. The van der Waals surface area contributed by atoms with Gasteiger partial charge in [-0.25, -0.2) is 0 Å². The summed E-state index contributed by atoms with van der Waals surface area (Å²) in [6.07, 6.45) is 0. The van der Waals surface area contributed by atoms with Crippen LogP contribution in [0.2, 0.25) is 0 Å². The molecule has 1 unspecified atom stereocenters.